The molecule has 5 nitrogen and oxygen atoms in total. The molecular formula is C23H22N4OS. The summed E-state index contributed by atoms with van der Waals surface area (Å²) < 4.78 is 7.16. The summed E-state index contributed by atoms with van der Waals surface area (Å²) in [6, 6.07) is 16.1. The summed E-state index contributed by atoms with van der Waals surface area (Å²) in [7, 11) is 1.67. The van der Waals surface area contributed by atoms with Crippen LogP contribution in [0.1, 0.15) is 12.5 Å². The monoisotopic (exact) mass is 402 g/mol. The number of nitrogens with zero attached hydrogens (tertiary/aromatic N) is 3. The number of H-pyrrole nitrogens is 1. The average molecular weight is 403 g/mol. The lowest BCUT2D eigenvalue weighted by Gasteiger charge is -2.05. The molecular weight excluding hydrogens is 380 g/mol. The van der Waals surface area contributed by atoms with Gasteiger partial charge in [-0.3, -0.25) is 4.99 Å². The average Bonchev–Trinajstić information content (AvgIpc) is 3.34. The van der Waals surface area contributed by atoms with Gasteiger partial charge in [0.1, 0.15) is 5.75 Å². The first-order chi connectivity index (χ1) is 14.2. The van der Waals surface area contributed by atoms with Crippen molar-refractivity contribution in [2.45, 2.75) is 6.92 Å². The number of hydrogen-bond donors (Lipinski definition) is 1. The van der Waals surface area contributed by atoms with Crippen molar-refractivity contribution >= 4 is 28.5 Å². The molecule has 6 heteroatoms. The molecule has 4 aromatic rings. The zero-order chi connectivity index (χ0) is 20.2. The summed E-state index contributed by atoms with van der Waals surface area (Å²) in [6.45, 7) is 6.50. The predicted molar refractivity (Wildman–Crippen MR) is 121 cm³/mol. The zero-order valence-corrected chi connectivity index (χ0v) is 17.2. The molecule has 0 radical (unpaired) electrons. The van der Waals surface area contributed by atoms with Crippen molar-refractivity contribution in [1.82, 2.24) is 9.66 Å². The first-order valence-corrected chi connectivity index (χ1v) is 10.1. The van der Waals surface area contributed by atoms with Crippen LogP contribution in [0.4, 0.5) is 0 Å². The molecule has 146 valence electrons. The van der Waals surface area contributed by atoms with Gasteiger partial charge in [-0.25, -0.2) is 4.68 Å². The predicted octanol–water partition coefficient (Wildman–Crippen LogP) is 5.07. The van der Waals surface area contributed by atoms with Gasteiger partial charge in [0.15, 0.2) is 0 Å². The van der Waals surface area contributed by atoms with E-state index in [-0.39, 0.29) is 0 Å². The summed E-state index contributed by atoms with van der Waals surface area (Å²) in [5.41, 5.74) is 5.17. The molecule has 2 aromatic carbocycles. The summed E-state index contributed by atoms with van der Waals surface area (Å²) in [5, 5.41) is 8.00. The summed E-state index contributed by atoms with van der Waals surface area (Å²) in [5.74, 6) is 0.824. The van der Waals surface area contributed by atoms with E-state index in [4.69, 9.17) is 9.84 Å². The van der Waals surface area contributed by atoms with Crippen LogP contribution in [0.25, 0.3) is 22.2 Å². The lowest BCUT2D eigenvalue weighted by atomic mass is 10.2. The van der Waals surface area contributed by atoms with E-state index in [2.05, 4.69) is 34.1 Å². The van der Waals surface area contributed by atoms with Gasteiger partial charge in [0, 0.05) is 33.6 Å². The Morgan fingerprint density at radius 1 is 1.21 bits per heavy atom. The number of nitrogens with one attached hydrogen (secondary N) is 1. The van der Waals surface area contributed by atoms with Crippen molar-refractivity contribution in [3.05, 3.63) is 82.6 Å². The highest BCUT2D eigenvalue weighted by atomic mass is 32.1. The van der Waals surface area contributed by atoms with Crippen molar-refractivity contribution in [3.63, 3.8) is 0 Å². The quantitative estimate of drug-likeness (QED) is 0.355. The Bertz CT molecular complexity index is 1240. The molecule has 0 fully saturated rings. The van der Waals surface area contributed by atoms with Crippen LogP contribution >= 0.6 is 11.3 Å². The smallest absolute Gasteiger partial charge is 0.206 e. The number of aromatic amines is 1. The van der Waals surface area contributed by atoms with Gasteiger partial charge < -0.3 is 9.72 Å². The van der Waals surface area contributed by atoms with Crippen LogP contribution < -0.4 is 9.54 Å². The number of rotatable bonds is 6. The number of fused-ring (bicyclic) bond motifs is 1. The number of methoxy groups -OCH3 is 1. The Morgan fingerprint density at radius 3 is 2.76 bits per heavy atom. The molecule has 0 aliphatic rings. The van der Waals surface area contributed by atoms with Crippen LogP contribution in [0.3, 0.4) is 0 Å². The van der Waals surface area contributed by atoms with E-state index in [1.54, 1.807) is 18.4 Å². The maximum absolute atomic E-state index is 5.28. The third-order valence-electron chi connectivity index (χ3n) is 4.49. The molecule has 0 saturated carbocycles. The summed E-state index contributed by atoms with van der Waals surface area (Å²) in [4.78, 5) is 8.80. The fraction of sp³-hybridized carbons (Fsp3) is 0.130. The second-order valence-corrected chi connectivity index (χ2v) is 7.59. The molecule has 29 heavy (non-hydrogen) atoms. The fourth-order valence-corrected chi connectivity index (χ4v) is 3.84. The third kappa shape index (κ3) is 4.07. The Kier molecular flexibility index (Phi) is 5.44. The Balaban J connectivity index is 1.79. The van der Waals surface area contributed by atoms with Crippen LogP contribution in [0, 0.1) is 0 Å². The largest absolute Gasteiger partial charge is 0.497 e. The molecule has 0 saturated heterocycles. The van der Waals surface area contributed by atoms with Crippen molar-refractivity contribution in [2.75, 3.05) is 13.7 Å². The van der Waals surface area contributed by atoms with Crippen molar-refractivity contribution in [3.8, 4) is 17.0 Å². The second-order valence-electron chi connectivity index (χ2n) is 6.75. The third-order valence-corrected chi connectivity index (χ3v) is 5.34. The van der Waals surface area contributed by atoms with E-state index in [0.29, 0.717) is 6.54 Å². The molecule has 2 aromatic heterocycles. The molecule has 0 atom stereocenters. The highest BCUT2D eigenvalue weighted by Gasteiger charge is 2.08. The molecule has 0 aliphatic carbocycles. The second kappa shape index (κ2) is 8.32. The molecule has 0 aliphatic heterocycles. The van der Waals surface area contributed by atoms with Crippen LogP contribution in [0.15, 0.2) is 82.4 Å². The molecule has 0 spiro atoms. The van der Waals surface area contributed by atoms with Crippen molar-refractivity contribution in [1.29, 1.82) is 0 Å². The molecule has 1 N–H and O–H groups in total. The Labute approximate surface area is 173 Å². The van der Waals surface area contributed by atoms with Gasteiger partial charge in [-0.1, -0.05) is 30.4 Å². The van der Waals surface area contributed by atoms with Gasteiger partial charge in [-0.2, -0.15) is 5.10 Å². The number of aromatic nitrogens is 2. The Hall–Kier alpha value is -3.38. The lowest BCUT2D eigenvalue weighted by molar-refractivity contribution is 0.415. The first-order valence-electron chi connectivity index (χ1n) is 9.26. The van der Waals surface area contributed by atoms with Crippen LogP contribution in [-0.2, 0) is 0 Å². The van der Waals surface area contributed by atoms with Gasteiger partial charge in [-0.15, -0.1) is 11.3 Å². The van der Waals surface area contributed by atoms with E-state index < -0.39 is 0 Å². The highest BCUT2D eigenvalue weighted by molar-refractivity contribution is 7.07. The maximum atomic E-state index is 5.28. The van der Waals surface area contributed by atoms with Crippen LogP contribution in [0.2, 0.25) is 0 Å². The Morgan fingerprint density at radius 2 is 2.00 bits per heavy atom. The van der Waals surface area contributed by atoms with Gasteiger partial charge >= 0.3 is 0 Å². The number of thiazole rings is 1. The number of benzene rings is 2. The minimum atomic E-state index is 0.575. The highest BCUT2D eigenvalue weighted by Crippen LogP contribution is 2.23. The van der Waals surface area contributed by atoms with Gasteiger partial charge in [0.2, 0.25) is 4.80 Å². The summed E-state index contributed by atoms with van der Waals surface area (Å²) in [6.07, 6.45) is 3.84. The lowest BCUT2D eigenvalue weighted by Crippen LogP contribution is -2.13. The van der Waals surface area contributed by atoms with Gasteiger partial charge in [0.25, 0.3) is 0 Å². The minimum Gasteiger partial charge on any atom is -0.497 e. The number of para-hydroxylation sites is 1. The van der Waals surface area contributed by atoms with Crippen molar-refractivity contribution < 1.29 is 4.74 Å². The zero-order valence-electron chi connectivity index (χ0n) is 16.4. The normalized spacial score (nSPS) is 12.1. The molecule has 2 heterocycles. The van der Waals surface area contributed by atoms with Gasteiger partial charge in [-0.05, 0) is 37.3 Å². The summed E-state index contributed by atoms with van der Waals surface area (Å²) >= 11 is 1.57. The van der Waals surface area contributed by atoms with Gasteiger partial charge in [0.05, 0.1) is 25.6 Å². The van der Waals surface area contributed by atoms with E-state index in [9.17, 15) is 0 Å². The van der Waals surface area contributed by atoms with E-state index in [1.165, 1.54) is 0 Å². The number of ether oxygens (including phenoxy) is 1. The minimum absolute atomic E-state index is 0.575. The molecule has 0 unspecified atom stereocenters. The van der Waals surface area contributed by atoms with E-state index in [0.717, 1.165) is 43.8 Å². The van der Waals surface area contributed by atoms with Crippen LogP contribution in [0.5, 0.6) is 5.75 Å². The molecule has 4 rings (SSSR count). The SMILES string of the molecule is C=C(C)CN=c1scc(-c2ccc(OC)cc2)n1N=Cc1c[nH]c2ccccc12. The van der Waals surface area contributed by atoms with Crippen LogP contribution in [-0.4, -0.2) is 29.5 Å². The topological polar surface area (TPSA) is 54.7 Å². The van der Waals surface area contributed by atoms with E-state index in [1.807, 2.05) is 60.4 Å². The molecule has 0 bridgehead atoms. The first kappa shape index (κ1) is 19.0. The fourth-order valence-electron chi connectivity index (χ4n) is 3.00. The maximum Gasteiger partial charge on any atom is 0.206 e. The van der Waals surface area contributed by atoms with Crippen molar-refractivity contribution in [2.24, 2.45) is 10.1 Å². The number of hydrogen-bond acceptors (Lipinski definition) is 4. The standard InChI is InChI=1S/C23H22N4OS/c1-16(2)12-25-23-27(22(15-29-23)17-8-10-19(28-3)11-9-17)26-14-18-13-24-21-7-5-4-6-20(18)21/h4-11,13-15,24H,1,12H2,2-3H3. The molecule has 0 amide bonds. The van der Waals surface area contributed by atoms with E-state index >= 15 is 0 Å².